The molecular formula is C20H22FN3O. The Morgan fingerprint density at radius 3 is 2.76 bits per heavy atom. The fourth-order valence-electron chi connectivity index (χ4n) is 4.22. The predicted molar refractivity (Wildman–Crippen MR) is 96.1 cm³/mol. The molecule has 2 aromatic rings. The lowest BCUT2D eigenvalue weighted by atomic mass is 9.80. The number of benzene rings is 1. The van der Waals surface area contributed by atoms with Crippen LogP contribution in [0.1, 0.15) is 31.4 Å². The normalized spacial score (nSPS) is 25.4. The molecule has 0 bridgehead atoms. The van der Waals surface area contributed by atoms with Gasteiger partial charge in [-0.3, -0.25) is 0 Å². The minimum atomic E-state index is -0.483. The number of nitrogens with zero attached hydrogens (tertiary/aromatic N) is 2. The Balaban J connectivity index is 1.74. The highest BCUT2D eigenvalue weighted by Gasteiger charge is 2.45. The van der Waals surface area contributed by atoms with Gasteiger partial charge in [0, 0.05) is 17.6 Å². The molecule has 0 saturated heterocycles. The van der Waals surface area contributed by atoms with Gasteiger partial charge < -0.3 is 15.0 Å². The lowest BCUT2D eigenvalue weighted by molar-refractivity contribution is -0.106. The van der Waals surface area contributed by atoms with E-state index in [2.05, 4.69) is 34.3 Å². The number of carbonyl (C=O) groups excluding carboxylic acids is 1. The van der Waals surface area contributed by atoms with E-state index in [1.807, 2.05) is 12.1 Å². The molecule has 2 heterocycles. The van der Waals surface area contributed by atoms with E-state index in [1.165, 1.54) is 18.9 Å². The first-order valence-electron chi connectivity index (χ1n) is 8.87. The van der Waals surface area contributed by atoms with Gasteiger partial charge in [-0.2, -0.15) is 4.39 Å². The first-order chi connectivity index (χ1) is 12.2. The molecule has 0 amide bonds. The van der Waals surface area contributed by atoms with E-state index in [1.54, 1.807) is 12.1 Å². The summed E-state index contributed by atoms with van der Waals surface area (Å²) in [7, 11) is 0. The molecule has 1 N–H and O–H groups in total. The topological polar surface area (TPSA) is 45.2 Å². The van der Waals surface area contributed by atoms with Gasteiger partial charge in [0.05, 0.1) is 12.6 Å². The van der Waals surface area contributed by atoms with E-state index in [0.717, 1.165) is 17.5 Å². The number of aromatic nitrogens is 1. The summed E-state index contributed by atoms with van der Waals surface area (Å²) in [4.78, 5) is 17.5. The zero-order valence-electron chi connectivity index (χ0n) is 14.2. The van der Waals surface area contributed by atoms with Gasteiger partial charge >= 0.3 is 0 Å². The van der Waals surface area contributed by atoms with Gasteiger partial charge in [0.2, 0.25) is 5.95 Å². The number of fused-ring (bicyclic) bond motifs is 1. The van der Waals surface area contributed by atoms with Crippen molar-refractivity contribution in [1.29, 1.82) is 0 Å². The number of pyridine rings is 1. The summed E-state index contributed by atoms with van der Waals surface area (Å²) < 4.78 is 13.5. The molecule has 4 nitrogen and oxygen atoms in total. The second-order valence-electron chi connectivity index (χ2n) is 7.03. The highest BCUT2D eigenvalue weighted by atomic mass is 19.1. The fraction of sp³-hybridized carbons (Fsp3) is 0.400. The van der Waals surface area contributed by atoms with Crippen LogP contribution in [0.25, 0.3) is 0 Å². The molecule has 2 aliphatic rings. The van der Waals surface area contributed by atoms with E-state index in [4.69, 9.17) is 0 Å². The molecular weight excluding hydrogens is 317 g/mol. The van der Waals surface area contributed by atoms with Crippen molar-refractivity contribution in [2.45, 2.75) is 31.8 Å². The number of hydrogen-bond donors (Lipinski definition) is 1. The number of carbonyl (C=O) groups is 1. The van der Waals surface area contributed by atoms with Crippen molar-refractivity contribution >= 4 is 17.8 Å². The molecule has 0 spiro atoms. The monoisotopic (exact) mass is 339 g/mol. The van der Waals surface area contributed by atoms with E-state index in [0.29, 0.717) is 24.3 Å². The van der Waals surface area contributed by atoms with Crippen LogP contribution in [-0.2, 0) is 4.79 Å². The van der Waals surface area contributed by atoms with Crippen LogP contribution in [0, 0.1) is 17.8 Å². The summed E-state index contributed by atoms with van der Waals surface area (Å²) in [6.45, 7) is 2.63. The third kappa shape index (κ3) is 2.99. The number of halogens is 1. The Kier molecular flexibility index (Phi) is 4.15. The Morgan fingerprint density at radius 1 is 1.24 bits per heavy atom. The van der Waals surface area contributed by atoms with Gasteiger partial charge in [0.25, 0.3) is 0 Å². The number of para-hydroxylation sites is 1. The van der Waals surface area contributed by atoms with Crippen LogP contribution in [0.4, 0.5) is 15.9 Å². The summed E-state index contributed by atoms with van der Waals surface area (Å²) in [6, 6.07) is 13.3. The van der Waals surface area contributed by atoms with Crippen LogP contribution in [0.15, 0.2) is 42.5 Å². The average Bonchev–Trinajstić information content (AvgIpc) is 3.43. The van der Waals surface area contributed by atoms with Crippen LogP contribution in [0.2, 0.25) is 0 Å². The summed E-state index contributed by atoms with van der Waals surface area (Å²) in [5.41, 5.74) is 2.23. The van der Waals surface area contributed by atoms with Crippen molar-refractivity contribution in [2.75, 3.05) is 16.8 Å². The van der Waals surface area contributed by atoms with E-state index in [9.17, 15) is 9.18 Å². The summed E-state index contributed by atoms with van der Waals surface area (Å²) >= 11 is 0. The molecule has 4 rings (SSSR count). The van der Waals surface area contributed by atoms with E-state index >= 15 is 0 Å². The predicted octanol–water partition coefficient (Wildman–Crippen LogP) is 3.81. The maximum atomic E-state index is 13.5. The van der Waals surface area contributed by atoms with Crippen molar-refractivity contribution < 1.29 is 9.18 Å². The van der Waals surface area contributed by atoms with E-state index < -0.39 is 5.95 Å². The molecule has 1 aromatic heterocycles. The first-order valence-corrected chi connectivity index (χ1v) is 8.87. The van der Waals surface area contributed by atoms with Crippen LogP contribution in [0.3, 0.4) is 0 Å². The zero-order valence-corrected chi connectivity index (χ0v) is 14.2. The van der Waals surface area contributed by atoms with Crippen LogP contribution in [0.5, 0.6) is 0 Å². The van der Waals surface area contributed by atoms with Crippen molar-refractivity contribution in [3.63, 3.8) is 0 Å². The highest BCUT2D eigenvalue weighted by molar-refractivity contribution is 5.67. The lowest BCUT2D eigenvalue weighted by Gasteiger charge is -2.46. The summed E-state index contributed by atoms with van der Waals surface area (Å²) in [6.07, 6.45) is 3.40. The molecule has 1 aromatic carbocycles. The Bertz CT molecular complexity index is 777. The average molecular weight is 339 g/mol. The third-order valence-electron chi connectivity index (χ3n) is 5.40. The van der Waals surface area contributed by atoms with Crippen molar-refractivity contribution in [3.8, 4) is 0 Å². The second-order valence-corrected chi connectivity index (χ2v) is 7.03. The van der Waals surface area contributed by atoms with Gasteiger partial charge in [-0.05, 0) is 42.5 Å². The number of aldehydes is 1. The van der Waals surface area contributed by atoms with Crippen LogP contribution < -0.4 is 10.2 Å². The standard InChI is InChI=1S/C20H22FN3O/c1-13-19(23-18-8-4-7-17(21)22-18)15-5-2-3-6-16(15)24(11-12-25)20(13)14-9-10-14/h2-8,12-14,19-20H,9-11H2,1H3,(H,22,23)/t13-,19-,20-/m1/s1. The summed E-state index contributed by atoms with van der Waals surface area (Å²) in [5.74, 6) is 0.966. The lowest BCUT2D eigenvalue weighted by Crippen LogP contribution is -2.49. The van der Waals surface area contributed by atoms with E-state index in [-0.39, 0.29) is 12.0 Å². The zero-order chi connectivity index (χ0) is 17.4. The Morgan fingerprint density at radius 2 is 2.04 bits per heavy atom. The van der Waals surface area contributed by atoms with Gasteiger partial charge in [-0.25, -0.2) is 4.98 Å². The third-order valence-corrected chi connectivity index (χ3v) is 5.40. The summed E-state index contributed by atoms with van der Waals surface area (Å²) in [5, 5.41) is 3.44. The molecule has 0 unspecified atom stereocenters. The number of hydrogen-bond acceptors (Lipinski definition) is 4. The Labute approximate surface area is 147 Å². The SMILES string of the molecule is C[C@@H]1[C@@H](Nc2cccc(F)n2)c2ccccc2N(CC=O)[C@H]1C1CC1. The molecule has 130 valence electrons. The molecule has 1 aliphatic carbocycles. The number of rotatable bonds is 5. The largest absolute Gasteiger partial charge is 0.363 e. The molecule has 5 heteroatoms. The molecule has 3 atom stereocenters. The minimum absolute atomic E-state index is 0.0407. The maximum Gasteiger partial charge on any atom is 0.214 e. The van der Waals surface area contributed by atoms with Crippen LogP contribution in [-0.4, -0.2) is 23.9 Å². The highest BCUT2D eigenvalue weighted by Crippen LogP contribution is 2.49. The van der Waals surface area contributed by atoms with Crippen molar-refractivity contribution in [1.82, 2.24) is 4.98 Å². The minimum Gasteiger partial charge on any atom is -0.363 e. The molecule has 1 aliphatic heterocycles. The fourth-order valence-corrected chi connectivity index (χ4v) is 4.22. The second kappa shape index (κ2) is 6.47. The number of anilines is 2. The van der Waals surface area contributed by atoms with Gasteiger partial charge in [0.15, 0.2) is 0 Å². The van der Waals surface area contributed by atoms with Gasteiger partial charge in [-0.15, -0.1) is 0 Å². The van der Waals surface area contributed by atoms with Gasteiger partial charge in [-0.1, -0.05) is 31.2 Å². The van der Waals surface area contributed by atoms with Gasteiger partial charge in [0.1, 0.15) is 12.1 Å². The molecule has 25 heavy (non-hydrogen) atoms. The van der Waals surface area contributed by atoms with Crippen LogP contribution >= 0.6 is 0 Å². The molecule has 0 radical (unpaired) electrons. The quantitative estimate of drug-likeness (QED) is 0.665. The van der Waals surface area contributed by atoms with Crippen molar-refractivity contribution in [3.05, 3.63) is 54.0 Å². The molecule has 1 saturated carbocycles. The smallest absolute Gasteiger partial charge is 0.214 e. The molecule has 1 fully saturated rings. The maximum absolute atomic E-state index is 13.5. The Hall–Kier alpha value is -2.43. The first kappa shape index (κ1) is 16.1. The number of nitrogens with one attached hydrogen (secondary N) is 1. The van der Waals surface area contributed by atoms with Crippen molar-refractivity contribution in [2.24, 2.45) is 11.8 Å².